The average molecular weight is 599 g/mol. The molecule has 0 aliphatic carbocycles. The summed E-state index contributed by atoms with van der Waals surface area (Å²) in [6.45, 7) is 1.32. The van der Waals surface area contributed by atoms with Crippen LogP contribution in [-0.2, 0) is 19.8 Å². The second-order valence-corrected chi connectivity index (χ2v) is 10.3. The van der Waals surface area contributed by atoms with Crippen molar-refractivity contribution in [2.75, 3.05) is 27.4 Å². The van der Waals surface area contributed by atoms with Crippen LogP contribution in [-0.4, -0.2) is 60.4 Å². The summed E-state index contributed by atoms with van der Waals surface area (Å²) in [6, 6.07) is 24.8. The zero-order chi connectivity index (χ0) is 31.3. The van der Waals surface area contributed by atoms with E-state index in [9.17, 15) is 14.7 Å². The molecule has 1 aliphatic rings. The first kappa shape index (κ1) is 30.8. The monoisotopic (exact) mass is 598 g/mol. The van der Waals surface area contributed by atoms with Gasteiger partial charge in [0.05, 0.1) is 20.8 Å². The zero-order valence-corrected chi connectivity index (χ0v) is 24.6. The van der Waals surface area contributed by atoms with Crippen LogP contribution >= 0.6 is 0 Å². The molecule has 44 heavy (non-hydrogen) atoms. The standard InChI is InChI=1S/C34H34N2O8/c1-5-19-42-30-29(37)28(44-32(30)36-20-22(2)31(38)35-33(36)39)21-43-34(23-9-7-6-8-10-23,24-11-15-26(40-3)16-12-24)25-13-17-27(41-4)18-14-25/h1,6-18,20,28-30,32,37H,19,21H2,2-4H3,(H,35,38,39)/t28-,29-,30-,32-/m1/s1. The summed E-state index contributed by atoms with van der Waals surface area (Å²) in [5.41, 5.74) is 0.327. The quantitative estimate of drug-likeness (QED) is 0.200. The highest BCUT2D eigenvalue weighted by molar-refractivity contribution is 5.49. The molecule has 10 nitrogen and oxygen atoms in total. The predicted octanol–water partition coefficient (Wildman–Crippen LogP) is 3.15. The van der Waals surface area contributed by atoms with E-state index in [1.54, 1.807) is 21.1 Å². The first-order valence-corrected chi connectivity index (χ1v) is 14.0. The molecule has 1 aromatic heterocycles. The van der Waals surface area contributed by atoms with Crippen LogP contribution in [0.25, 0.3) is 0 Å². The van der Waals surface area contributed by atoms with Gasteiger partial charge in [0.15, 0.2) is 6.23 Å². The van der Waals surface area contributed by atoms with Gasteiger partial charge in [0.2, 0.25) is 0 Å². The highest BCUT2D eigenvalue weighted by atomic mass is 16.6. The first-order chi connectivity index (χ1) is 21.3. The maximum absolute atomic E-state index is 12.8. The average Bonchev–Trinajstić information content (AvgIpc) is 3.37. The molecule has 0 spiro atoms. The summed E-state index contributed by atoms with van der Waals surface area (Å²) in [7, 11) is 3.20. The largest absolute Gasteiger partial charge is 0.497 e. The van der Waals surface area contributed by atoms with Crippen LogP contribution in [0.3, 0.4) is 0 Å². The van der Waals surface area contributed by atoms with Crippen molar-refractivity contribution in [1.29, 1.82) is 0 Å². The number of hydrogen-bond acceptors (Lipinski definition) is 8. The van der Waals surface area contributed by atoms with Gasteiger partial charge in [-0.15, -0.1) is 6.42 Å². The van der Waals surface area contributed by atoms with Gasteiger partial charge in [-0.25, -0.2) is 4.79 Å². The lowest BCUT2D eigenvalue weighted by Crippen LogP contribution is -2.41. The van der Waals surface area contributed by atoms with Gasteiger partial charge >= 0.3 is 5.69 Å². The Kier molecular flexibility index (Phi) is 9.32. The van der Waals surface area contributed by atoms with Crippen LogP contribution in [0.1, 0.15) is 28.5 Å². The lowest BCUT2D eigenvalue weighted by atomic mass is 9.80. The van der Waals surface area contributed by atoms with Crippen LogP contribution in [0.4, 0.5) is 0 Å². The number of aliphatic hydroxyl groups excluding tert-OH is 1. The van der Waals surface area contributed by atoms with E-state index in [0.29, 0.717) is 17.1 Å². The van der Waals surface area contributed by atoms with Crippen LogP contribution < -0.4 is 20.7 Å². The maximum Gasteiger partial charge on any atom is 0.330 e. The van der Waals surface area contributed by atoms with Crippen molar-refractivity contribution in [3.63, 3.8) is 0 Å². The number of ether oxygens (including phenoxy) is 5. The Balaban J connectivity index is 1.58. The van der Waals surface area contributed by atoms with E-state index in [-0.39, 0.29) is 13.2 Å². The van der Waals surface area contributed by atoms with Crippen LogP contribution in [0.5, 0.6) is 11.5 Å². The van der Waals surface area contributed by atoms with Crippen LogP contribution in [0.15, 0.2) is 94.6 Å². The van der Waals surface area contributed by atoms with E-state index < -0.39 is 41.4 Å². The molecule has 2 N–H and O–H groups in total. The first-order valence-electron chi connectivity index (χ1n) is 14.0. The molecular formula is C34H34N2O8. The minimum Gasteiger partial charge on any atom is -0.497 e. The Morgan fingerprint density at radius 1 is 0.932 bits per heavy atom. The van der Waals surface area contributed by atoms with Gasteiger partial charge in [-0.1, -0.05) is 60.5 Å². The summed E-state index contributed by atoms with van der Waals surface area (Å²) in [4.78, 5) is 27.1. The summed E-state index contributed by atoms with van der Waals surface area (Å²) in [6.07, 6.45) is 2.54. The molecule has 3 aromatic carbocycles. The molecule has 1 fully saturated rings. The molecule has 1 saturated heterocycles. The number of aliphatic hydroxyl groups is 1. The van der Waals surface area contributed by atoms with Gasteiger partial charge < -0.3 is 28.8 Å². The van der Waals surface area contributed by atoms with Gasteiger partial charge in [-0.2, -0.15) is 0 Å². The van der Waals surface area contributed by atoms with Gasteiger partial charge in [-0.05, 0) is 47.9 Å². The molecule has 0 saturated carbocycles. The fraction of sp³-hybridized carbons (Fsp3) is 0.294. The van der Waals surface area contributed by atoms with Crippen molar-refractivity contribution in [2.45, 2.75) is 37.1 Å². The molecule has 4 aromatic rings. The molecule has 0 unspecified atom stereocenters. The minimum absolute atomic E-state index is 0.113. The number of hydrogen-bond donors (Lipinski definition) is 2. The second kappa shape index (κ2) is 13.3. The van der Waals surface area contributed by atoms with E-state index in [1.165, 1.54) is 10.8 Å². The maximum atomic E-state index is 12.8. The van der Waals surface area contributed by atoms with Crippen molar-refractivity contribution >= 4 is 0 Å². The third kappa shape index (κ3) is 5.91. The lowest BCUT2D eigenvalue weighted by Gasteiger charge is -2.37. The number of nitrogens with zero attached hydrogens (tertiary/aromatic N) is 1. The highest BCUT2D eigenvalue weighted by Gasteiger charge is 2.48. The van der Waals surface area contributed by atoms with Crippen LogP contribution in [0, 0.1) is 19.3 Å². The second-order valence-electron chi connectivity index (χ2n) is 10.3. The van der Waals surface area contributed by atoms with E-state index in [0.717, 1.165) is 16.7 Å². The smallest absolute Gasteiger partial charge is 0.330 e. The van der Waals surface area contributed by atoms with E-state index in [4.69, 9.17) is 30.1 Å². The van der Waals surface area contributed by atoms with Crippen molar-refractivity contribution in [1.82, 2.24) is 9.55 Å². The topological polar surface area (TPSA) is 121 Å². The number of rotatable bonds is 11. The summed E-state index contributed by atoms with van der Waals surface area (Å²) < 4.78 is 30.9. The van der Waals surface area contributed by atoms with E-state index >= 15 is 0 Å². The number of aryl methyl sites for hydroxylation is 1. The predicted molar refractivity (Wildman–Crippen MR) is 163 cm³/mol. The van der Waals surface area contributed by atoms with Gasteiger partial charge in [0.25, 0.3) is 5.56 Å². The molecule has 0 amide bonds. The number of nitrogens with one attached hydrogen (secondary N) is 1. The number of aromatic nitrogens is 2. The van der Waals surface area contributed by atoms with Gasteiger partial charge in [-0.3, -0.25) is 14.3 Å². The number of methoxy groups -OCH3 is 2. The Morgan fingerprint density at radius 2 is 1.50 bits per heavy atom. The normalized spacial score (nSPS) is 19.8. The molecule has 2 heterocycles. The summed E-state index contributed by atoms with van der Waals surface area (Å²) in [5, 5.41) is 11.4. The number of H-pyrrole nitrogens is 1. The molecular weight excluding hydrogens is 564 g/mol. The Morgan fingerprint density at radius 3 is 2.05 bits per heavy atom. The third-order valence-corrected chi connectivity index (χ3v) is 7.73. The molecule has 5 rings (SSSR count). The van der Waals surface area contributed by atoms with Gasteiger partial charge in [0, 0.05) is 11.8 Å². The fourth-order valence-corrected chi connectivity index (χ4v) is 5.46. The van der Waals surface area contributed by atoms with Crippen molar-refractivity contribution < 1.29 is 28.8 Å². The zero-order valence-electron chi connectivity index (χ0n) is 24.6. The molecule has 4 atom stereocenters. The lowest BCUT2D eigenvalue weighted by molar-refractivity contribution is -0.0973. The number of terminal acetylenes is 1. The Hall–Kier alpha value is -4.66. The fourth-order valence-electron chi connectivity index (χ4n) is 5.46. The molecule has 0 bridgehead atoms. The molecule has 0 radical (unpaired) electrons. The Bertz CT molecular complexity index is 1660. The summed E-state index contributed by atoms with van der Waals surface area (Å²) in [5.74, 6) is 3.75. The Labute approximate surface area is 254 Å². The van der Waals surface area contributed by atoms with Crippen LogP contribution in [0.2, 0.25) is 0 Å². The van der Waals surface area contributed by atoms with E-state index in [2.05, 4.69) is 10.9 Å². The third-order valence-electron chi connectivity index (χ3n) is 7.73. The van der Waals surface area contributed by atoms with Gasteiger partial charge in [0.1, 0.15) is 42.0 Å². The molecule has 10 heteroatoms. The number of benzene rings is 3. The van der Waals surface area contributed by atoms with Crippen molar-refractivity contribution in [2.24, 2.45) is 0 Å². The van der Waals surface area contributed by atoms with Crippen molar-refractivity contribution in [3.05, 3.63) is 128 Å². The van der Waals surface area contributed by atoms with E-state index in [1.807, 2.05) is 78.9 Å². The minimum atomic E-state index is -1.23. The SMILES string of the molecule is C#CCO[C@@H]1[C@H](O)[C@@H](COC(c2ccccc2)(c2ccc(OC)cc2)c2ccc(OC)cc2)O[C@H]1n1cc(C)c(=O)[nH]c1=O. The van der Waals surface area contributed by atoms with Crippen molar-refractivity contribution in [3.8, 4) is 23.8 Å². The molecule has 228 valence electrons. The molecule has 1 aliphatic heterocycles. The highest BCUT2D eigenvalue weighted by Crippen LogP contribution is 2.43. The number of aromatic amines is 1. The summed E-state index contributed by atoms with van der Waals surface area (Å²) >= 11 is 0.